The highest BCUT2D eigenvalue weighted by atomic mass is 32.2. The summed E-state index contributed by atoms with van der Waals surface area (Å²) in [7, 11) is -3.85. The van der Waals surface area contributed by atoms with Crippen LogP contribution < -0.4 is 10.1 Å². The molecule has 1 amide bonds. The lowest BCUT2D eigenvalue weighted by Crippen LogP contribution is -2.50. The summed E-state index contributed by atoms with van der Waals surface area (Å²) in [5.41, 5.74) is 0.829. The van der Waals surface area contributed by atoms with Gasteiger partial charge in [0.15, 0.2) is 0 Å². The lowest BCUT2D eigenvalue weighted by Gasteiger charge is -2.30. The van der Waals surface area contributed by atoms with E-state index in [1.54, 1.807) is 17.0 Å². The van der Waals surface area contributed by atoms with Gasteiger partial charge in [0.2, 0.25) is 15.9 Å². The predicted molar refractivity (Wildman–Crippen MR) is 125 cm³/mol. The van der Waals surface area contributed by atoms with Crippen molar-refractivity contribution in [3.05, 3.63) is 60.2 Å². The summed E-state index contributed by atoms with van der Waals surface area (Å²) in [5, 5.41) is 10.3. The maximum absolute atomic E-state index is 13.3. The molecule has 2 aromatic rings. The fraction of sp³-hybridized carbons (Fsp3) is 0.391. The monoisotopic (exact) mass is 531 g/mol. The summed E-state index contributed by atoms with van der Waals surface area (Å²) in [6, 6.07) is 15.6. The van der Waals surface area contributed by atoms with Crippen molar-refractivity contribution in [3.63, 3.8) is 0 Å². The van der Waals surface area contributed by atoms with Crippen LogP contribution in [-0.2, 0) is 26.2 Å². The summed E-state index contributed by atoms with van der Waals surface area (Å²) in [5.74, 6) is -2.33. The van der Waals surface area contributed by atoms with Crippen molar-refractivity contribution < 1.29 is 41.0 Å². The van der Waals surface area contributed by atoms with Crippen LogP contribution in [0.4, 0.5) is 13.2 Å². The Kier molecular flexibility index (Phi) is 10.7. The van der Waals surface area contributed by atoms with Crippen molar-refractivity contribution in [1.29, 1.82) is 0 Å². The number of hydrogen-bond donors (Lipinski definition) is 2. The first-order valence-corrected chi connectivity index (χ1v) is 12.4. The van der Waals surface area contributed by atoms with Crippen molar-refractivity contribution in [2.45, 2.75) is 24.5 Å². The zero-order valence-electron chi connectivity index (χ0n) is 19.6. The van der Waals surface area contributed by atoms with E-state index in [9.17, 15) is 26.4 Å². The molecule has 0 atom stereocenters. The molecule has 0 aromatic heterocycles. The number of nitrogens with one attached hydrogen (secondary N) is 1. The van der Waals surface area contributed by atoms with Crippen molar-refractivity contribution in [1.82, 2.24) is 14.5 Å². The maximum atomic E-state index is 13.3. The summed E-state index contributed by atoms with van der Waals surface area (Å²) in [6.07, 6.45) is -5.08. The highest BCUT2D eigenvalue weighted by Crippen LogP contribution is 2.22. The number of benzene rings is 2. The molecular formula is C23H28F3N3O6S. The van der Waals surface area contributed by atoms with E-state index in [1.165, 1.54) is 16.4 Å². The van der Waals surface area contributed by atoms with Crippen LogP contribution in [0.5, 0.6) is 5.75 Å². The average molecular weight is 532 g/mol. The van der Waals surface area contributed by atoms with Gasteiger partial charge < -0.3 is 20.1 Å². The van der Waals surface area contributed by atoms with Gasteiger partial charge in [0.05, 0.1) is 18.0 Å². The second-order valence-corrected chi connectivity index (χ2v) is 9.53. The first kappa shape index (κ1) is 29.1. The third kappa shape index (κ3) is 8.81. The van der Waals surface area contributed by atoms with Crippen LogP contribution in [0.1, 0.15) is 12.5 Å². The molecule has 1 saturated heterocycles. The van der Waals surface area contributed by atoms with Gasteiger partial charge in [-0.25, -0.2) is 13.2 Å². The fourth-order valence-electron chi connectivity index (χ4n) is 3.20. The predicted octanol–water partition coefficient (Wildman–Crippen LogP) is 2.34. The van der Waals surface area contributed by atoms with Gasteiger partial charge in [0, 0.05) is 32.7 Å². The van der Waals surface area contributed by atoms with Gasteiger partial charge in [-0.2, -0.15) is 17.5 Å². The molecule has 1 aliphatic rings. The van der Waals surface area contributed by atoms with Gasteiger partial charge in [-0.3, -0.25) is 4.79 Å². The number of ether oxygens (including phenoxy) is 1. The number of carboxylic acids is 1. The number of carboxylic acid groups (broad SMARTS) is 1. The van der Waals surface area contributed by atoms with Gasteiger partial charge in [-0.1, -0.05) is 30.3 Å². The molecule has 0 spiro atoms. The van der Waals surface area contributed by atoms with Crippen LogP contribution in [0.15, 0.2) is 59.5 Å². The summed E-state index contributed by atoms with van der Waals surface area (Å²) < 4.78 is 65.0. The third-order valence-corrected chi connectivity index (χ3v) is 6.80. The summed E-state index contributed by atoms with van der Waals surface area (Å²) in [6.45, 7) is 4.92. The Labute approximate surface area is 207 Å². The molecule has 0 bridgehead atoms. The zero-order valence-corrected chi connectivity index (χ0v) is 20.4. The maximum Gasteiger partial charge on any atom is 0.490 e. The largest absolute Gasteiger partial charge is 0.494 e. The molecule has 2 N–H and O–H groups in total. The highest BCUT2D eigenvalue weighted by molar-refractivity contribution is 7.89. The normalized spacial score (nSPS) is 14.1. The zero-order chi connectivity index (χ0) is 26.8. The standard InChI is InChI=1S/C21H27N3O4S.C2HF3O2/c1-2-28-19-8-10-20(11-9-19)29(26,27)24(16-18-6-4-3-5-7-18)17-21(25)23-14-12-22-13-15-23;3-2(4,5)1(6)7/h3-11,22H,2,12-17H2,1H3;(H,6,7). The smallest absolute Gasteiger partial charge is 0.490 e. The van der Waals surface area contributed by atoms with Gasteiger partial charge in [0.25, 0.3) is 0 Å². The van der Waals surface area contributed by atoms with Crippen LogP contribution in [0.25, 0.3) is 0 Å². The Morgan fingerprint density at radius 2 is 1.61 bits per heavy atom. The number of halogens is 3. The van der Waals surface area contributed by atoms with Crippen LogP contribution in [0.3, 0.4) is 0 Å². The van der Waals surface area contributed by atoms with E-state index in [0.717, 1.165) is 18.7 Å². The minimum atomic E-state index is -5.08. The molecule has 1 aliphatic heterocycles. The lowest BCUT2D eigenvalue weighted by molar-refractivity contribution is -0.192. The van der Waals surface area contributed by atoms with E-state index in [2.05, 4.69) is 5.32 Å². The Balaban J connectivity index is 0.000000572. The van der Waals surface area contributed by atoms with Crippen molar-refractivity contribution in [2.24, 2.45) is 0 Å². The van der Waals surface area contributed by atoms with E-state index in [4.69, 9.17) is 14.6 Å². The number of piperazine rings is 1. The second kappa shape index (κ2) is 13.2. The number of hydrogen-bond acceptors (Lipinski definition) is 6. The van der Waals surface area contributed by atoms with Crippen LogP contribution >= 0.6 is 0 Å². The topological polar surface area (TPSA) is 116 Å². The van der Waals surface area contributed by atoms with Crippen molar-refractivity contribution in [2.75, 3.05) is 39.3 Å². The minimum Gasteiger partial charge on any atom is -0.494 e. The number of alkyl halides is 3. The Morgan fingerprint density at radius 1 is 1.06 bits per heavy atom. The van der Waals surface area contributed by atoms with Crippen molar-refractivity contribution >= 4 is 21.9 Å². The number of aliphatic carboxylic acids is 1. The second-order valence-electron chi connectivity index (χ2n) is 7.60. The molecule has 1 heterocycles. The number of carbonyl (C=O) groups excluding carboxylic acids is 1. The minimum absolute atomic E-state index is 0.133. The van der Waals surface area contributed by atoms with E-state index in [-0.39, 0.29) is 23.9 Å². The first-order valence-electron chi connectivity index (χ1n) is 11.0. The number of amides is 1. The molecule has 1 fully saturated rings. The molecule has 0 radical (unpaired) electrons. The van der Waals surface area contributed by atoms with E-state index in [0.29, 0.717) is 25.4 Å². The van der Waals surface area contributed by atoms with Gasteiger partial charge in [-0.05, 0) is 36.8 Å². The van der Waals surface area contributed by atoms with Gasteiger partial charge in [-0.15, -0.1) is 0 Å². The molecule has 3 rings (SSSR count). The van der Waals surface area contributed by atoms with Crippen LogP contribution in [0, 0.1) is 0 Å². The van der Waals surface area contributed by atoms with Gasteiger partial charge in [0.1, 0.15) is 5.75 Å². The van der Waals surface area contributed by atoms with E-state index < -0.39 is 22.2 Å². The van der Waals surface area contributed by atoms with Crippen LogP contribution in [-0.4, -0.2) is 80.1 Å². The average Bonchev–Trinajstić information content (AvgIpc) is 2.85. The molecule has 198 valence electrons. The van der Waals surface area contributed by atoms with E-state index >= 15 is 0 Å². The Hall–Kier alpha value is -3.16. The Bertz CT molecular complexity index is 1090. The first-order chi connectivity index (χ1) is 16.9. The highest BCUT2D eigenvalue weighted by Gasteiger charge is 2.38. The SMILES string of the molecule is CCOc1ccc(S(=O)(=O)N(CC(=O)N2CCNCC2)Cc2ccccc2)cc1.O=C(O)C(F)(F)F. The number of nitrogens with zero attached hydrogens (tertiary/aromatic N) is 2. The molecule has 0 saturated carbocycles. The summed E-state index contributed by atoms with van der Waals surface area (Å²) in [4.78, 5) is 23.5. The summed E-state index contributed by atoms with van der Waals surface area (Å²) >= 11 is 0. The molecule has 0 aliphatic carbocycles. The number of sulfonamides is 1. The molecule has 2 aromatic carbocycles. The molecule has 36 heavy (non-hydrogen) atoms. The quantitative estimate of drug-likeness (QED) is 0.537. The van der Waals surface area contributed by atoms with Crippen LogP contribution in [0.2, 0.25) is 0 Å². The molecular weight excluding hydrogens is 503 g/mol. The number of carbonyl (C=O) groups is 2. The van der Waals surface area contributed by atoms with Crippen molar-refractivity contribution in [3.8, 4) is 5.75 Å². The van der Waals surface area contributed by atoms with Gasteiger partial charge >= 0.3 is 12.1 Å². The lowest BCUT2D eigenvalue weighted by atomic mass is 10.2. The third-order valence-electron chi connectivity index (χ3n) is 5.00. The fourth-order valence-corrected chi connectivity index (χ4v) is 4.58. The number of rotatable bonds is 8. The Morgan fingerprint density at radius 3 is 2.11 bits per heavy atom. The van der Waals surface area contributed by atoms with E-state index in [1.807, 2.05) is 37.3 Å². The molecule has 13 heteroatoms. The molecule has 9 nitrogen and oxygen atoms in total. The molecule has 0 unspecified atom stereocenters.